The van der Waals surface area contributed by atoms with Gasteiger partial charge in [0.05, 0.1) is 13.0 Å². The Morgan fingerprint density at radius 1 is 1.07 bits per heavy atom. The Morgan fingerprint density at radius 2 is 1.81 bits per heavy atom. The monoisotopic (exact) mass is 407 g/mol. The van der Waals surface area contributed by atoms with Gasteiger partial charge in [-0.05, 0) is 54.8 Å². The van der Waals surface area contributed by atoms with E-state index in [-0.39, 0.29) is 11.3 Å². The van der Waals surface area contributed by atoms with Crippen LogP contribution in [0.4, 0.5) is 0 Å². The second-order valence-electron chi connectivity index (χ2n) is 6.73. The van der Waals surface area contributed by atoms with Gasteiger partial charge in [-0.25, -0.2) is 0 Å². The molecule has 0 saturated carbocycles. The zero-order chi connectivity index (χ0) is 19.1. The molecule has 1 heterocycles. The van der Waals surface area contributed by atoms with E-state index >= 15 is 0 Å². The number of benzene rings is 2. The Hall–Kier alpha value is -1.75. The molecule has 1 fully saturated rings. The number of carbonyl (C=O) groups excluding carboxylic acids is 1. The number of rotatable bonds is 7. The maximum absolute atomic E-state index is 12.3. The topological polar surface area (TPSA) is 47.6 Å². The zero-order valence-electron chi connectivity index (χ0n) is 15.0. The Bertz CT molecular complexity index is 758. The lowest BCUT2D eigenvalue weighted by atomic mass is 9.74. The minimum absolute atomic E-state index is 0.0307. The number of nitrogens with one attached hydrogen (secondary N) is 1. The van der Waals surface area contributed by atoms with Crippen molar-refractivity contribution in [2.45, 2.75) is 24.7 Å². The summed E-state index contributed by atoms with van der Waals surface area (Å²) in [5.74, 6) is 0.670. The maximum Gasteiger partial charge on any atom is 0.223 e. The summed E-state index contributed by atoms with van der Waals surface area (Å²) in [6.07, 6.45) is 2.01. The van der Waals surface area contributed by atoms with Crippen LogP contribution in [0.5, 0.6) is 5.75 Å². The molecule has 0 aromatic heterocycles. The highest BCUT2D eigenvalue weighted by atomic mass is 35.5. The van der Waals surface area contributed by atoms with Crippen molar-refractivity contribution in [1.82, 2.24) is 5.32 Å². The van der Waals surface area contributed by atoms with Gasteiger partial charge in [0.1, 0.15) is 5.75 Å². The van der Waals surface area contributed by atoms with Crippen molar-refractivity contribution in [2.24, 2.45) is 0 Å². The summed E-state index contributed by atoms with van der Waals surface area (Å²) >= 11 is 12.0. The van der Waals surface area contributed by atoms with Crippen molar-refractivity contribution in [3.63, 3.8) is 0 Å². The summed E-state index contributed by atoms with van der Waals surface area (Å²) in [5.41, 5.74) is 1.01. The fraction of sp³-hybridized carbons (Fsp3) is 0.381. The van der Waals surface area contributed by atoms with Gasteiger partial charge < -0.3 is 14.8 Å². The summed E-state index contributed by atoms with van der Waals surface area (Å²) in [6, 6.07) is 15.0. The number of amides is 1. The van der Waals surface area contributed by atoms with Gasteiger partial charge in [-0.2, -0.15) is 0 Å². The van der Waals surface area contributed by atoms with E-state index in [1.54, 1.807) is 24.3 Å². The number of halogens is 2. The normalized spacial score (nSPS) is 15.9. The fourth-order valence-electron chi connectivity index (χ4n) is 3.30. The highest BCUT2D eigenvalue weighted by Gasteiger charge is 2.34. The van der Waals surface area contributed by atoms with E-state index in [0.717, 1.165) is 18.4 Å². The molecule has 3 rings (SSSR count). The second kappa shape index (κ2) is 9.45. The molecule has 27 heavy (non-hydrogen) atoms. The predicted octanol–water partition coefficient (Wildman–Crippen LogP) is 4.63. The Balaban J connectivity index is 1.54. The summed E-state index contributed by atoms with van der Waals surface area (Å²) in [5, 5.41) is 4.43. The molecular weight excluding hydrogens is 385 g/mol. The average molecular weight is 408 g/mol. The van der Waals surface area contributed by atoms with Crippen molar-refractivity contribution in [1.29, 1.82) is 0 Å². The first kappa shape index (κ1) is 20.0. The van der Waals surface area contributed by atoms with Crippen LogP contribution >= 0.6 is 23.2 Å². The van der Waals surface area contributed by atoms with Crippen LogP contribution < -0.4 is 10.1 Å². The molecule has 0 unspecified atom stereocenters. The lowest BCUT2D eigenvalue weighted by Crippen LogP contribution is -2.44. The zero-order valence-corrected chi connectivity index (χ0v) is 16.6. The van der Waals surface area contributed by atoms with Crippen LogP contribution in [0, 0.1) is 0 Å². The molecule has 1 N–H and O–H groups in total. The first-order valence-electron chi connectivity index (χ1n) is 9.06. The smallest absolute Gasteiger partial charge is 0.223 e. The van der Waals surface area contributed by atoms with Crippen LogP contribution in [0.3, 0.4) is 0 Å². The van der Waals surface area contributed by atoms with Crippen molar-refractivity contribution in [3.05, 3.63) is 64.1 Å². The number of hydrogen-bond donors (Lipinski definition) is 1. The Morgan fingerprint density at radius 3 is 2.52 bits per heavy atom. The third-order valence-corrected chi connectivity index (χ3v) is 5.41. The number of ether oxygens (including phenoxy) is 2. The van der Waals surface area contributed by atoms with Crippen molar-refractivity contribution in [2.75, 3.05) is 26.4 Å². The predicted molar refractivity (Wildman–Crippen MR) is 108 cm³/mol. The van der Waals surface area contributed by atoms with Gasteiger partial charge in [0.15, 0.2) is 0 Å². The largest absolute Gasteiger partial charge is 0.493 e. The first-order chi connectivity index (χ1) is 13.1. The van der Waals surface area contributed by atoms with Crippen molar-refractivity contribution in [3.8, 4) is 5.75 Å². The summed E-state index contributed by atoms with van der Waals surface area (Å²) in [7, 11) is 0. The molecule has 0 radical (unpaired) electrons. The number of hydrogen-bond acceptors (Lipinski definition) is 3. The lowest BCUT2D eigenvalue weighted by Gasteiger charge is -2.38. The average Bonchev–Trinajstić information content (AvgIpc) is 2.69. The van der Waals surface area contributed by atoms with Gasteiger partial charge in [-0.1, -0.05) is 35.3 Å². The molecule has 0 atom stereocenters. The van der Waals surface area contributed by atoms with E-state index in [9.17, 15) is 4.79 Å². The molecule has 0 aliphatic carbocycles. The summed E-state index contributed by atoms with van der Waals surface area (Å²) in [4.78, 5) is 12.3. The molecule has 144 valence electrons. The minimum atomic E-state index is -0.143. The van der Waals surface area contributed by atoms with E-state index in [1.807, 2.05) is 18.2 Å². The molecule has 1 aliphatic rings. The molecule has 1 amide bonds. The molecule has 0 spiro atoms. The minimum Gasteiger partial charge on any atom is -0.493 e. The molecule has 1 saturated heterocycles. The highest BCUT2D eigenvalue weighted by molar-refractivity contribution is 6.30. The van der Waals surface area contributed by atoms with Gasteiger partial charge in [-0.3, -0.25) is 4.79 Å². The Kier molecular flexibility index (Phi) is 7.00. The van der Waals surface area contributed by atoms with Gasteiger partial charge in [0, 0.05) is 35.2 Å². The molecule has 0 bridgehead atoms. The maximum atomic E-state index is 12.3. The highest BCUT2D eigenvalue weighted by Crippen LogP contribution is 2.35. The molecule has 1 aliphatic heterocycles. The van der Waals surface area contributed by atoms with E-state index in [4.69, 9.17) is 32.7 Å². The first-order valence-corrected chi connectivity index (χ1v) is 9.82. The summed E-state index contributed by atoms with van der Waals surface area (Å²) < 4.78 is 11.1. The van der Waals surface area contributed by atoms with Crippen LogP contribution in [-0.2, 0) is 14.9 Å². The molecule has 2 aromatic rings. The third kappa shape index (κ3) is 5.61. The molecule has 2 aromatic carbocycles. The second-order valence-corrected chi connectivity index (χ2v) is 7.61. The van der Waals surface area contributed by atoms with Crippen molar-refractivity contribution < 1.29 is 14.3 Å². The van der Waals surface area contributed by atoms with Gasteiger partial charge in [0.2, 0.25) is 5.91 Å². The van der Waals surface area contributed by atoms with Gasteiger partial charge >= 0.3 is 0 Å². The number of carbonyl (C=O) groups is 1. The Labute approximate surface area is 169 Å². The van der Waals surface area contributed by atoms with Crippen LogP contribution in [0.2, 0.25) is 10.0 Å². The standard InChI is InChI=1S/C21H23Cl2NO3/c22-17-4-6-19(7-5-17)27-11-8-20(25)24-15-21(9-12-26-13-10-21)16-2-1-3-18(23)14-16/h1-7,14H,8-13,15H2,(H,24,25). The quantitative estimate of drug-likeness (QED) is 0.727. The third-order valence-electron chi connectivity index (χ3n) is 4.92. The van der Waals surface area contributed by atoms with Crippen LogP contribution in [0.25, 0.3) is 0 Å². The van der Waals surface area contributed by atoms with Gasteiger partial charge in [-0.15, -0.1) is 0 Å². The lowest BCUT2D eigenvalue weighted by molar-refractivity contribution is -0.122. The van der Waals surface area contributed by atoms with Gasteiger partial charge in [0.25, 0.3) is 0 Å². The van der Waals surface area contributed by atoms with Crippen LogP contribution in [0.1, 0.15) is 24.8 Å². The van der Waals surface area contributed by atoms with E-state index in [0.29, 0.717) is 48.6 Å². The molecule has 6 heteroatoms. The van der Waals surface area contributed by atoms with Crippen LogP contribution in [-0.4, -0.2) is 32.3 Å². The fourth-order valence-corrected chi connectivity index (χ4v) is 3.61. The van der Waals surface area contributed by atoms with Crippen molar-refractivity contribution >= 4 is 29.1 Å². The SMILES string of the molecule is O=C(CCOc1ccc(Cl)cc1)NCC1(c2cccc(Cl)c2)CCOCC1. The molecule has 4 nitrogen and oxygen atoms in total. The van der Waals surface area contributed by atoms with E-state index in [2.05, 4.69) is 11.4 Å². The molecular formula is C21H23Cl2NO3. The summed E-state index contributed by atoms with van der Waals surface area (Å²) in [6.45, 7) is 2.25. The van der Waals surface area contributed by atoms with E-state index < -0.39 is 0 Å². The van der Waals surface area contributed by atoms with Crippen LogP contribution in [0.15, 0.2) is 48.5 Å². The van der Waals surface area contributed by atoms with E-state index in [1.165, 1.54) is 0 Å².